The molecule has 0 amide bonds. The zero-order valence-corrected chi connectivity index (χ0v) is 20.7. The Morgan fingerprint density at radius 1 is 0.719 bits per heavy atom. The number of hydrogen-bond acceptors (Lipinski definition) is 2. The molecule has 0 saturated carbocycles. The Kier molecular flexibility index (Phi) is 13.6. The molecule has 0 aliphatic heterocycles. The Hall–Kier alpha value is -2.73. The Bertz CT molecular complexity index is 937. The van der Waals surface area contributed by atoms with Gasteiger partial charge in [0.2, 0.25) is 0 Å². The molecule has 4 aromatic rings. The molecule has 0 aliphatic rings. The normalized spacial score (nSPS) is 10.1. The number of benzene rings is 3. The average molecular weight is 486 g/mol. The van der Waals surface area contributed by atoms with Crippen LogP contribution in [0.25, 0.3) is 0 Å². The number of aliphatic hydroxyl groups excluding tert-OH is 1. The van der Waals surface area contributed by atoms with Crippen molar-refractivity contribution >= 4 is 18.5 Å². The number of aromatic nitrogens is 1. The number of rotatable bonds is 3. The number of aliphatic hydroxyl groups is 1. The zero-order valence-electron chi connectivity index (χ0n) is 18.7. The Balaban J connectivity index is 0.000000282. The van der Waals surface area contributed by atoms with Gasteiger partial charge in [-0.1, -0.05) is 42.5 Å². The minimum absolute atomic E-state index is 0. The molecule has 0 aliphatic carbocycles. The maximum atomic E-state index is 9.53. The summed E-state index contributed by atoms with van der Waals surface area (Å²) >= 11 is 0. The van der Waals surface area contributed by atoms with Crippen LogP contribution >= 0.6 is 7.92 Å². The monoisotopic (exact) mass is 485 g/mol. The number of nitrogens with zero attached hydrogens (tertiary/aromatic N) is 1. The summed E-state index contributed by atoms with van der Waals surface area (Å²) in [4.78, 5) is 4.17. The Labute approximate surface area is 203 Å². The Morgan fingerprint density at radius 3 is 1.44 bits per heavy atom. The van der Waals surface area contributed by atoms with E-state index in [2.05, 4.69) is 35.3 Å². The third-order valence-corrected chi connectivity index (χ3v) is 6.77. The van der Waals surface area contributed by atoms with Crippen LogP contribution in [0.1, 0.15) is 18.3 Å². The van der Waals surface area contributed by atoms with Crippen molar-refractivity contribution in [2.75, 3.05) is 0 Å². The van der Waals surface area contributed by atoms with Gasteiger partial charge in [-0.3, -0.25) is 4.98 Å². The summed E-state index contributed by atoms with van der Waals surface area (Å²) in [5.41, 5.74) is 2.18. The van der Waals surface area contributed by atoms with E-state index in [0.29, 0.717) is 5.76 Å². The van der Waals surface area contributed by atoms with E-state index in [1.807, 2.05) is 105 Å². The van der Waals surface area contributed by atoms with Crippen LogP contribution in [0.5, 0.6) is 0 Å². The topological polar surface area (TPSA) is 33.1 Å². The summed E-state index contributed by atoms with van der Waals surface area (Å²) in [5, 5.41) is 12.1. The van der Waals surface area contributed by atoms with E-state index in [9.17, 15) is 5.11 Å². The van der Waals surface area contributed by atoms with Crippen LogP contribution in [0.15, 0.2) is 121 Å². The van der Waals surface area contributed by atoms with E-state index < -0.39 is 7.92 Å². The van der Waals surface area contributed by atoms with Crippen molar-refractivity contribution in [1.82, 2.24) is 4.98 Å². The van der Waals surface area contributed by atoms with Crippen molar-refractivity contribution in [3.8, 4) is 0 Å². The molecular formula is C28H30NNiOP. The summed E-state index contributed by atoms with van der Waals surface area (Å²) in [7, 11) is -1.01. The van der Waals surface area contributed by atoms with Crippen LogP contribution < -0.4 is 10.6 Å². The molecule has 0 fully saturated rings. The maximum absolute atomic E-state index is 9.53. The first-order chi connectivity index (χ1) is 15.1. The first-order valence-electron chi connectivity index (χ1n) is 10.2. The van der Waals surface area contributed by atoms with Crippen LogP contribution in [0.4, 0.5) is 0 Å². The van der Waals surface area contributed by atoms with E-state index >= 15 is 0 Å². The molecular weight excluding hydrogens is 456 g/mol. The van der Waals surface area contributed by atoms with E-state index in [1.54, 1.807) is 6.92 Å². The first kappa shape index (κ1) is 27.3. The molecule has 1 heterocycles. The molecule has 0 spiro atoms. The molecule has 1 N–H and O–H groups in total. The third-order valence-electron chi connectivity index (χ3n) is 4.16. The van der Waals surface area contributed by atoms with E-state index in [0.717, 1.165) is 11.4 Å². The van der Waals surface area contributed by atoms with E-state index in [1.165, 1.54) is 10.6 Å². The molecule has 0 bridgehead atoms. The predicted octanol–water partition coefficient (Wildman–Crippen LogP) is 6.45. The molecule has 1 aromatic heterocycles. The predicted molar refractivity (Wildman–Crippen MR) is 136 cm³/mol. The molecule has 2 nitrogen and oxygen atoms in total. The van der Waals surface area contributed by atoms with Gasteiger partial charge in [-0.2, -0.15) is 36.4 Å². The molecule has 168 valence electrons. The minimum Gasteiger partial charge on any atom is -0.509 e. The van der Waals surface area contributed by atoms with Gasteiger partial charge in [-0.05, 0) is 57.2 Å². The minimum atomic E-state index is -1.01. The van der Waals surface area contributed by atoms with Gasteiger partial charge in [0, 0.05) is 27.9 Å². The van der Waals surface area contributed by atoms with Crippen molar-refractivity contribution < 1.29 is 21.6 Å². The smallest absolute Gasteiger partial charge is 0.124 e. The van der Waals surface area contributed by atoms with E-state index in [4.69, 9.17) is 0 Å². The van der Waals surface area contributed by atoms with Crippen LogP contribution in [-0.2, 0) is 16.5 Å². The average Bonchev–Trinajstić information content (AvgIpc) is 2.80. The SMILES string of the molecule is CC(O)=C[PH+](c1ccccc1)c1ccccc1.Cc1cccc(C)n1.[Ni].[c-]1ccccc1. The fourth-order valence-corrected chi connectivity index (χ4v) is 4.99. The summed E-state index contributed by atoms with van der Waals surface area (Å²) in [6.07, 6.45) is 0. The van der Waals surface area contributed by atoms with Gasteiger partial charge < -0.3 is 5.11 Å². The van der Waals surface area contributed by atoms with Gasteiger partial charge >= 0.3 is 0 Å². The van der Waals surface area contributed by atoms with Crippen LogP contribution in [0.2, 0.25) is 0 Å². The van der Waals surface area contributed by atoms with E-state index in [-0.39, 0.29) is 16.5 Å². The molecule has 32 heavy (non-hydrogen) atoms. The molecule has 0 radical (unpaired) electrons. The van der Waals surface area contributed by atoms with Crippen molar-refractivity contribution in [1.29, 1.82) is 0 Å². The summed E-state index contributed by atoms with van der Waals surface area (Å²) in [5.74, 6) is 2.38. The second-order valence-corrected chi connectivity index (χ2v) is 9.20. The van der Waals surface area contributed by atoms with Crippen LogP contribution in [0, 0.1) is 19.9 Å². The molecule has 0 saturated heterocycles. The summed E-state index contributed by atoms with van der Waals surface area (Å²) in [6, 6.07) is 39.2. The van der Waals surface area contributed by atoms with Gasteiger partial charge in [0.05, 0.1) is 7.92 Å². The van der Waals surface area contributed by atoms with Gasteiger partial charge in [0.1, 0.15) is 22.2 Å². The fraction of sp³-hybridized carbons (Fsp3) is 0.107. The first-order valence-corrected chi connectivity index (χ1v) is 11.8. The van der Waals surface area contributed by atoms with Gasteiger partial charge in [-0.15, -0.1) is 0 Å². The van der Waals surface area contributed by atoms with Crippen LogP contribution in [-0.4, -0.2) is 10.1 Å². The summed E-state index contributed by atoms with van der Waals surface area (Å²) < 4.78 is 0. The second kappa shape index (κ2) is 16.0. The molecule has 0 atom stereocenters. The maximum Gasteiger partial charge on any atom is 0.124 e. The Morgan fingerprint density at radius 2 is 1.16 bits per heavy atom. The molecule has 4 rings (SSSR count). The molecule has 3 aromatic carbocycles. The number of allylic oxidation sites excluding steroid dienone is 1. The standard InChI is InChI=1S/C15H15OP.C7H9N.C6H5.Ni/c1-13(16)12-17(14-8-4-2-5-9-14)15-10-6-3-7-11-15;1-6-4-3-5-7(2)8-6;1-2-4-6-5-3-1;/h2-12,16H,1H3;3-5H,1-2H3;1-5H;/q;;-1;/p+1. The van der Waals surface area contributed by atoms with Crippen molar-refractivity contribution in [3.05, 3.63) is 138 Å². The number of pyridine rings is 1. The van der Waals surface area contributed by atoms with Crippen LogP contribution in [0.3, 0.4) is 0 Å². The summed E-state index contributed by atoms with van der Waals surface area (Å²) in [6.45, 7) is 5.72. The van der Waals surface area contributed by atoms with Gasteiger partial charge in [0.25, 0.3) is 0 Å². The third kappa shape index (κ3) is 11.1. The quantitative estimate of drug-likeness (QED) is 0.156. The fourth-order valence-electron chi connectivity index (χ4n) is 2.80. The van der Waals surface area contributed by atoms with Gasteiger partial charge in [-0.25, -0.2) is 0 Å². The van der Waals surface area contributed by atoms with Gasteiger partial charge in [0.15, 0.2) is 0 Å². The largest absolute Gasteiger partial charge is 0.509 e. The second-order valence-electron chi connectivity index (χ2n) is 6.93. The molecule has 4 heteroatoms. The number of hydrogen-bond donors (Lipinski definition) is 1. The van der Waals surface area contributed by atoms with Crippen molar-refractivity contribution in [3.63, 3.8) is 0 Å². The number of aryl methyl sites for hydroxylation is 2. The van der Waals surface area contributed by atoms with Crippen molar-refractivity contribution in [2.45, 2.75) is 20.8 Å². The molecule has 0 unspecified atom stereocenters. The zero-order chi connectivity index (χ0) is 22.3. The van der Waals surface area contributed by atoms with Crippen molar-refractivity contribution in [2.24, 2.45) is 0 Å².